The third-order valence-electron chi connectivity index (χ3n) is 3.65. The second-order valence-corrected chi connectivity index (χ2v) is 6.19. The zero-order valence-corrected chi connectivity index (χ0v) is 13.2. The maximum Gasteiger partial charge on any atom is 0.315 e. The SMILES string of the molecule is CCOC1CC(NC(=O)NC[C@H](CC(=O)O)CC(C)C)C1. The smallest absolute Gasteiger partial charge is 0.315 e. The summed E-state index contributed by atoms with van der Waals surface area (Å²) in [5.41, 5.74) is 0. The van der Waals surface area contributed by atoms with Crippen molar-refractivity contribution in [2.45, 2.75) is 58.6 Å². The number of rotatable bonds is 9. The molecule has 6 nitrogen and oxygen atoms in total. The van der Waals surface area contributed by atoms with Crippen LogP contribution in [-0.4, -0.2) is 42.4 Å². The van der Waals surface area contributed by atoms with Gasteiger partial charge in [-0.05, 0) is 38.0 Å². The quantitative estimate of drug-likeness (QED) is 0.607. The third kappa shape index (κ3) is 7.32. The fraction of sp³-hybridized carbons (Fsp3) is 0.867. The van der Waals surface area contributed by atoms with Crippen LogP contribution in [0.25, 0.3) is 0 Å². The van der Waals surface area contributed by atoms with Gasteiger partial charge >= 0.3 is 12.0 Å². The number of carbonyl (C=O) groups is 2. The molecular weight excluding hydrogens is 272 g/mol. The summed E-state index contributed by atoms with van der Waals surface area (Å²) in [5, 5.41) is 14.6. The highest BCUT2D eigenvalue weighted by Gasteiger charge is 2.30. The van der Waals surface area contributed by atoms with Gasteiger partial charge < -0.3 is 20.5 Å². The van der Waals surface area contributed by atoms with Crippen LogP contribution >= 0.6 is 0 Å². The highest BCUT2D eigenvalue weighted by molar-refractivity contribution is 5.74. The molecule has 1 saturated carbocycles. The molecule has 1 fully saturated rings. The molecule has 1 aliphatic rings. The van der Waals surface area contributed by atoms with Gasteiger partial charge in [0.2, 0.25) is 0 Å². The molecule has 0 radical (unpaired) electrons. The maximum atomic E-state index is 11.8. The molecule has 0 aromatic rings. The lowest BCUT2D eigenvalue weighted by atomic mass is 9.89. The van der Waals surface area contributed by atoms with Crippen LogP contribution in [0.15, 0.2) is 0 Å². The second kappa shape index (κ2) is 8.87. The van der Waals surface area contributed by atoms with Crippen molar-refractivity contribution in [3.05, 3.63) is 0 Å². The van der Waals surface area contributed by atoms with Crippen LogP contribution < -0.4 is 10.6 Å². The van der Waals surface area contributed by atoms with Crippen molar-refractivity contribution in [2.24, 2.45) is 11.8 Å². The Balaban J connectivity index is 2.22. The van der Waals surface area contributed by atoms with E-state index in [4.69, 9.17) is 9.84 Å². The van der Waals surface area contributed by atoms with Gasteiger partial charge in [0.25, 0.3) is 0 Å². The summed E-state index contributed by atoms with van der Waals surface area (Å²) in [7, 11) is 0. The van der Waals surface area contributed by atoms with Crippen LogP contribution in [0.4, 0.5) is 4.79 Å². The zero-order valence-electron chi connectivity index (χ0n) is 13.2. The summed E-state index contributed by atoms with van der Waals surface area (Å²) < 4.78 is 5.44. The standard InChI is InChI=1S/C15H28N2O4/c1-4-21-13-7-12(8-13)17-15(20)16-9-11(5-10(2)3)6-14(18)19/h10-13H,4-9H2,1-3H3,(H,18,19)(H2,16,17,20)/t11-,12?,13?/m0/s1. The van der Waals surface area contributed by atoms with E-state index in [0.717, 1.165) is 19.3 Å². The lowest BCUT2D eigenvalue weighted by molar-refractivity contribution is -0.138. The first kappa shape index (κ1) is 17.8. The summed E-state index contributed by atoms with van der Waals surface area (Å²) >= 11 is 0. The fourth-order valence-corrected chi connectivity index (χ4v) is 2.68. The second-order valence-electron chi connectivity index (χ2n) is 6.19. The number of hydrogen-bond donors (Lipinski definition) is 3. The molecule has 0 bridgehead atoms. The number of carboxylic acids is 1. The average molecular weight is 300 g/mol. The predicted octanol–water partition coefficient (Wildman–Crippen LogP) is 1.99. The van der Waals surface area contributed by atoms with Crippen LogP contribution in [0.1, 0.15) is 46.5 Å². The normalized spacial score (nSPS) is 22.5. The Hall–Kier alpha value is -1.30. The molecule has 0 aliphatic heterocycles. The number of ether oxygens (including phenoxy) is 1. The van der Waals surface area contributed by atoms with Crippen molar-refractivity contribution < 1.29 is 19.4 Å². The molecule has 21 heavy (non-hydrogen) atoms. The van der Waals surface area contributed by atoms with E-state index in [0.29, 0.717) is 19.1 Å². The Morgan fingerprint density at radius 2 is 2.00 bits per heavy atom. The molecule has 0 spiro atoms. The molecule has 1 rings (SSSR count). The van der Waals surface area contributed by atoms with Gasteiger partial charge in [-0.3, -0.25) is 4.79 Å². The van der Waals surface area contributed by atoms with Crippen molar-refractivity contribution >= 4 is 12.0 Å². The maximum absolute atomic E-state index is 11.8. The molecule has 0 heterocycles. The van der Waals surface area contributed by atoms with Gasteiger partial charge in [-0.2, -0.15) is 0 Å². The molecule has 1 aliphatic carbocycles. The molecule has 2 amide bonds. The van der Waals surface area contributed by atoms with Gasteiger partial charge in [-0.15, -0.1) is 0 Å². The molecule has 6 heteroatoms. The van der Waals surface area contributed by atoms with Gasteiger partial charge in [0.15, 0.2) is 0 Å². The topological polar surface area (TPSA) is 87.7 Å². The van der Waals surface area contributed by atoms with Crippen LogP contribution in [0.3, 0.4) is 0 Å². The summed E-state index contributed by atoms with van der Waals surface area (Å²) in [4.78, 5) is 22.6. The molecule has 122 valence electrons. The number of aliphatic carboxylic acids is 1. The minimum atomic E-state index is -0.818. The summed E-state index contributed by atoms with van der Waals surface area (Å²) in [5.74, 6) is -0.426. The Kier molecular flexibility index (Phi) is 7.50. The fourth-order valence-electron chi connectivity index (χ4n) is 2.68. The Labute approximate surface area is 126 Å². The lowest BCUT2D eigenvalue weighted by Crippen LogP contribution is -2.51. The number of hydrogen-bond acceptors (Lipinski definition) is 3. The molecule has 0 aromatic heterocycles. The number of urea groups is 1. The highest BCUT2D eigenvalue weighted by Crippen LogP contribution is 2.23. The van der Waals surface area contributed by atoms with E-state index < -0.39 is 5.97 Å². The minimum absolute atomic E-state index is 0.0224. The highest BCUT2D eigenvalue weighted by atomic mass is 16.5. The Bertz CT molecular complexity index is 341. The molecule has 3 N–H and O–H groups in total. The van der Waals surface area contributed by atoms with E-state index in [2.05, 4.69) is 24.5 Å². The van der Waals surface area contributed by atoms with Crippen LogP contribution in [0, 0.1) is 11.8 Å². The average Bonchev–Trinajstić information content (AvgIpc) is 2.32. The van der Waals surface area contributed by atoms with Gasteiger partial charge in [0, 0.05) is 25.6 Å². The third-order valence-corrected chi connectivity index (χ3v) is 3.65. The molecule has 0 aromatic carbocycles. The molecule has 1 atom stereocenters. The largest absolute Gasteiger partial charge is 0.481 e. The van der Waals surface area contributed by atoms with Gasteiger partial charge in [0.05, 0.1) is 6.10 Å². The van der Waals surface area contributed by atoms with Crippen molar-refractivity contribution in [3.8, 4) is 0 Å². The number of carboxylic acid groups (broad SMARTS) is 1. The monoisotopic (exact) mass is 300 g/mol. The molecular formula is C15H28N2O4. The first-order chi connectivity index (χ1) is 9.90. The zero-order chi connectivity index (χ0) is 15.8. The van der Waals surface area contributed by atoms with Gasteiger partial charge in [-0.1, -0.05) is 13.8 Å². The van der Waals surface area contributed by atoms with E-state index in [1.807, 2.05) is 6.92 Å². The Morgan fingerprint density at radius 1 is 1.33 bits per heavy atom. The van der Waals surface area contributed by atoms with Crippen LogP contribution in [-0.2, 0) is 9.53 Å². The first-order valence-corrected chi connectivity index (χ1v) is 7.78. The summed E-state index contributed by atoms with van der Waals surface area (Å²) in [6, 6.07) is -0.0429. The van der Waals surface area contributed by atoms with Crippen molar-refractivity contribution in [3.63, 3.8) is 0 Å². The van der Waals surface area contributed by atoms with E-state index >= 15 is 0 Å². The van der Waals surface area contributed by atoms with E-state index in [-0.39, 0.29) is 30.5 Å². The first-order valence-electron chi connectivity index (χ1n) is 7.78. The van der Waals surface area contributed by atoms with E-state index in [1.165, 1.54) is 0 Å². The van der Waals surface area contributed by atoms with Crippen molar-refractivity contribution in [2.75, 3.05) is 13.2 Å². The van der Waals surface area contributed by atoms with Crippen LogP contribution in [0.5, 0.6) is 0 Å². The summed E-state index contributed by atoms with van der Waals surface area (Å²) in [6.45, 7) is 7.17. The lowest BCUT2D eigenvalue weighted by Gasteiger charge is -2.35. The van der Waals surface area contributed by atoms with Crippen molar-refractivity contribution in [1.29, 1.82) is 0 Å². The minimum Gasteiger partial charge on any atom is -0.481 e. The van der Waals surface area contributed by atoms with Gasteiger partial charge in [0.1, 0.15) is 0 Å². The number of carbonyl (C=O) groups excluding carboxylic acids is 1. The number of amides is 2. The van der Waals surface area contributed by atoms with E-state index in [1.54, 1.807) is 0 Å². The number of nitrogens with one attached hydrogen (secondary N) is 2. The molecule has 0 saturated heterocycles. The Morgan fingerprint density at radius 3 is 2.52 bits per heavy atom. The van der Waals surface area contributed by atoms with Gasteiger partial charge in [-0.25, -0.2) is 4.79 Å². The van der Waals surface area contributed by atoms with E-state index in [9.17, 15) is 9.59 Å². The summed E-state index contributed by atoms with van der Waals surface area (Å²) in [6.07, 6.45) is 2.86. The predicted molar refractivity (Wildman–Crippen MR) is 80.2 cm³/mol. The molecule has 0 unspecified atom stereocenters. The van der Waals surface area contributed by atoms with Crippen LogP contribution in [0.2, 0.25) is 0 Å². The van der Waals surface area contributed by atoms with Crippen molar-refractivity contribution in [1.82, 2.24) is 10.6 Å².